The number of amides is 1. The summed E-state index contributed by atoms with van der Waals surface area (Å²) in [6, 6.07) is 0. The van der Waals surface area contributed by atoms with E-state index >= 15 is 0 Å². The quantitative estimate of drug-likeness (QED) is 0.672. The molecular weight excluding hydrogens is 256 g/mol. The molecule has 3 aliphatic heterocycles. The van der Waals surface area contributed by atoms with Gasteiger partial charge >= 0.3 is 0 Å². The molecule has 3 fully saturated rings. The predicted octanol–water partition coefficient (Wildman–Crippen LogP) is -1.34. The Morgan fingerprint density at radius 3 is 2.65 bits per heavy atom. The highest BCUT2D eigenvalue weighted by molar-refractivity contribution is 5.79. The van der Waals surface area contributed by atoms with Gasteiger partial charge in [-0.05, 0) is 5.92 Å². The molecule has 116 valence electrons. The van der Waals surface area contributed by atoms with E-state index < -0.39 is 0 Å². The number of carbonyl (C=O) groups is 1. The summed E-state index contributed by atoms with van der Waals surface area (Å²) in [5.74, 6) is 0.544. The SMILES string of the molecule is CC(CO)CN1CCNCCN2CCN(CC1)C(=O)C2. The van der Waals surface area contributed by atoms with Crippen LogP contribution in [0.25, 0.3) is 0 Å². The van der Waals surface area contributed by atoms with E-state index in [-0.39, 0.29) is 18.4 Å². The van der Waals surface area contributed by atoms with Crippen molar-refractivity contribution in [1.29, 1.82) is 0 Å². The van der Waals surface area contributed by atoms with Gasteiger partial charge in [-0.2, -0.15) is 0 Å². The highest BCUT2D eigenvalue weighted by atomic mass is 16.3. The fourth-order valence-electron chi connectivity index (χ4n) is 2.84. The van der Waals surface area contributed by atoms with Crippen LogP contribution in [0.1, 0.15) is 6.92 Å². The van der Waals surface area contributed by atoms with Crippen molar-refractivity contribution in [2.45, 2.75) is 6.92 Å². The van der Waals surface area contributed by atoms with E-state index in [1.165, 1.54) is 0 Å². The van der Waals surface area contributed by atoms with E-state index in [1.807, 2.05) is 4.90 Å². The fourth-order valence-corrected chi connectivity index (χ4v) is 2.84. The number of aliphatic hydroxyl groups excluding tert-OH is 1. The predicted molar refractivity (Wildman–Crippen MR) is 78.6 cm³/mol. The smallest absolute Gasteiger partial charge is 0.236 e. The first-order chi connectivity index (χ1) is 9.69. The molecule has 2 bridgehead atoms. The number of nitrogens with zero attached hydrogens (tertiary/aromatic N) is 3. The summed E-state index contributed by atoms with van der Waals surface area (Å²) in [5.41, 5.74) is 0. The average Bonchev–Trinajstić information content (AvgIpc) is 2.43. The van der Waals surface area contributed by atoms with Crippen LogP contribution >= 0.6 is 0 Å². The Bertz CT molecular complexity index is 312. The van der Waals surface area contributed by atoms with Gasteiger partial charge in [-0.1, -0.05) is 6.92 Å². The van der Waals surface area contributed by atoms with E-state index in [0.29, 0.717) is 6.54 Å². The van der Waals surface area contributed by atoms with E-state index in [0.717, 1.165) is 58.9 Å². The average molecular weight is 284 g/mol. The van der Waals surface area contributed by atoms with Crippen LogP contribution in [-0.2, 0) is 4.79 Å². The van der Waals surface area contributed by atoms with Gasteiger partial charge in [-0.3, -0.25) is 14.6 Å². The van der Waals surface area contributed by atoms with Crippen LogP contribution in [-0.4, -0.2) is 97.8 Å². The number of nitrogens with one attached hydrogen (secondary N) is 1. The lowest BCUT2D eigenvalue weighted by molar-refractivity contribution is -0.136. The molecule has 0 aromatic carbocycles. The van der Waals surface area contributed by atoms with Crippen LogP contribution in [0.3, 0.4) is 0 Å². The van der Waals surface area contributed by atoms with Crippen LogP contribution in [0.4, 0.5) is 0 Å². The van der Waals surface area contributed by atoms with Crippen molar-refractivity contribution in [1.82, 2.24) is 20.0 Å². The fraction of sp³-hybridized carbons (Fsp3) is 0.929. The number of hydrogen-bond acceptors (Lipinski definition) is 5. The largest absolute Gasteiger partial charge is 0.396 e. The van der Waals surface area contributed by atoms with Crippen molar-refractivity contribution < 1.29 is 9.90 Å². The Kier molecular flexibility index (Phi) is 6.22. The van der Waals surface area contributed by atoms with Crippen LogP contribution in [0.2, 0.25) is 0 Å². The van der Waals surface area contributed by atoms with Crippen LogP contribution in [0.15, 0.2) is 0 Å². The second-order valence-electron chi connectivity index (χ2n) is 6.00. The Balaban J connectivity index is 1.91. The zero-order valence-electron chi connectivity index (χ0n) is 12.6. The molecule has 3 rings (SSSR count). The Morgan fingerprint density at radius 2 is 1.90 bits per heavy atom. The summed E-state index contributed by atoms with van der Waals surface area (Å²) in [6.45, 7) is 11.1. The maximum Gasteiger partial charge on any atom is 0.236 e. The minimum Gasteiger partial charge on any atom is -0.396 e. The molecule has 0 aromatic rings. The van der Waals surface area contributed by atoms with Crippen LogP contribution < -0.4 is 5.32 Å². The van der Waals surface area contributed by atoms with Crippen LogP contribution in [0, 0.1) is 5.92 Å². The molecule has 0 aromatic heterocycles. The van der Waals surface area contributed by atoms with Gasteiger partial charge in [-0.25, -0.2) is 0 Å². The number of rotatable bonds is 3. The lowest BCUT2D eigenvalue weighted by atomic mass is 10.2. The third-order valence-electron chi connectivity index (χ3n) is 4.18. The zero-order chi connectivity index (χ0) is 14.4. The minimum atomic E-state index is 0.224. The lowest BCUT2D eigenvalue weighted by Crippen LogP contribution is -2.54. The molecule has 3 saturated heterocycles. The minimum absolute atomic E-state index is 0.224. The molecule has 0 spiro atoms. The van der Waals surface area contributed by atoms with Crippen molar-refractivity contribution in [3.63, 3.8) is 0 Å². The molecule has 1 amide bonds. The molecular formula is C14H28N4O2. The van der Waals surface area contributed by atoms with Crippen molar-refractivity contribution in [3.05, 3.63) is 0 Å². The van der Waals surface area contributed by atoms with Gasteiger partial charge in [-0.15, -0.1) is 0 Å². The second-order valence-corrected chi connectivity index (χ2v) is 6.00. The molecule has 0 aliphatic carbocycles. The summed E-state index contributed by atoms with van der Waals surface area (Å²) in [5, 5.41) is 12.7. The third-order valence-corrected chi connectivity index (χ3v) is 4.18. The number of aliphatic hydroxyl groups is 1. The van der Waals surface area contributed by atoms with Crippen molar-refractivity contribution in [3.8, 4) is 0 Å². The summed E-state index contributed by atoms with van der Waals surface area (Å²) < 4.78 is 0. The maximum atomic E-state index is 12.1. The van der Waals surface area contributed by atoms with Gasteiger partial charge in [0.1, 0.15) is 0 Å². The Morgan fingerprint density at radius 1 is 1.15 bits per heavy atom. The van der Waals surface area contributed by atoms with Crippen molar-refractivity contribution >= 4 is 5.91 Å². The molecule has 2 atom stereocenters. The first-order valence-electron chi connectivity index (χ1n) is 7.73. The highest BCUT2D eigenvalue weighted by Crippen LogP contribution is 2.05. The van der Waals surface area contributed by atoms with E-state index in [4.69, 9.17) is 0 Å². The first-order valence-corrected chi connectivity index (χ1v) is 7.73. The molecule has 3 aliphatic rings. The van der Waals surface area contributed by atoms with Crippen molar-refractivity contribution in [2.75, 3.05) is 72.1 Å². The lowest BCUT2D eigenvalue weighted by Gasteiger charge is -2.36. The van der Waals surface area contributed by atoms with Gasteiger partial charge < -0.3 is 15.3 Å². The second kappa shape index (κ2) is 7.93. The van der Waals surface area contributed by atoms with Gasteiger partial charge in [0.25, 0.3) is 0 Å². The number of piperazine rings is 1. The molecule has 3 heterocycles. The molecule has 0 radical (unpaired) electrons. The molecule has 6 nitrogen and oxygen atoms in total. The third kappa shape index (κ3) is 4.70. The standard InChI is InChI=1S/C14H28N4O2/c1-13(12-19)10-16-4-2-15-3-5-17-7-9-18(8-6-16)14(20)11-17/h13,15,19H,2-12H2,1H3. The Hall–Kier alpha value is -0.690. The van der Waals surface area contributed by atoms with Gasteiger partial charge in [0.2, 0.25) is 5.91 Å². The maximum absolute atomic E-state index is 12.1. The normalized spacial score (nSPS) is 28.0. The number of carbonyl (C=O) groups excluding carboxylic acids is 1. The van der Waals surface area contributed by atoms with E-state index in [2.05, 4.69) is 22.0 Å². The van der Waals surface area contributed by atoms with E-state index in [1.54, 1.807) is 0 Å². The topological polar surface area (TPSA) is 59.1 Å². The number of fused-ring (bicyclic) bond motifs is 9. The molecule has 2 N–H and O–H groups in total. The molecule has 6 heteroatoms. The zero-order valence-corrected chi connectivity index (χ0v) is 12.6. The summed E-state index contributed by atoms with van der Waals surface area (Å²) in [7, 11) is 0. The highest BCUT2D eigenvalue weighted by Gasteiger charge is 2.24. The monoisotopic (exact) mass is 284 g/mol. The summed E-state index contributed by atoms with van der Waals surface area (Å²) in [4.78, 5) is 18.7. The van der Waals surface area contributed by atoms with Gasteiger partial charge in [0, 0.05) is 65.5 Å². The molecule has 2 unspecified atom stereocenters. The summed E-state index contributed by atoms with van der Waals surface area (Å²) in [6.07, 6.45) is 0. The Labute approximate surface area is 121 Å². The van der Waals surface area contributed by atoms with Crippen LogP contribution in [0.5, 0.6) is 0 Å². The van der Waals surface area contributed by atoms with E-state index in [9.17, 15) is 9.90 Å². The van der Waals surface area contributed by atoms with Gasteiger partial charge in [0.15, 0.2) is 0 Å². The van der Waals surface area contributed by atoms with Crippen molar-refractivity contribution in [2.24, 2.45) is 5.92 Å². The molecule has 20 heavy (non-hydrogen) atoms. The summed E-state index contributed by atoms with van der Waals surface area (Å²) >= 11 is 0. The molecule has 0 saturated carbocycles. The first kappa shape index (κ1) is 15.7. The number of hydrogen-bond donors (Lipinski definition) is 2. The van der Waals surface area contributed by atoms with Gasteiger partial charge in [0.05, 0.1) is 6.54 Å².